The molecule has 22 heavy (non-hydrogen) atoms. The molecule has 0 aliphatic carbocycles. The topological polar surface area (TPSA) is 112 Å². The van der Waals surface area contributed by atoms with Crippen molar-refractivity contribution in [1.29, 1.82) is 0 Å². The maximum Gasteiger partial charge on any atom is 0.336 e. The first-order valence-electron chi connectivity index (χ1n) is 6.24. The van der Waals surface area contributed by atoms with E-state index >= 15 is 0 Å². The van der Waals surface area contributed by atoms with Crippen LogP contribution in [0.15, 0.2) is 47.6 Å². The maximum atomic E-state index is 11.1. The standard InChI is InChI=1S/C15H11N3O4/c16-18-17-13-7-14(11(8-19)6-12(13)15(20)21)22-9-10-4-2-1-3-5-10/h1-8H,9H2,(H,20,21). The molecule has 0 unspecified atom stereocenters. The molecule has 0 saturated heterocycles. The largest absolute Gasteiger partial charge is 0.488 e. The van der Waals surface area contributed by atoms with E-state index in [0.29, 0.717) is 6.29 Å². The van der Waals surface area contributed by atoms with E-state index < -0.39 is 5.97 Å². The van der Waals surface area contributed by atoms with Crippen molar-refractivity contribution in [3.05, 3.63) is 69.6 Å². The van der Waals surface area contributed by atoms with E-state index in [9.17, 15) is 9.59 Å². The molecule has 0 spiro atoms. The molecule has 0 radical (unpaired) electrons. The second-order valence-electron chi connectivity index (χ2n) is 4.29. The Morgan fingerprint density at radius 1 is 1.32 bits per heavy atom. The van der Waals surface area contributed by atoms with E-state index in [0.717, 1.165) is 11.6 Å². The van der Waals surface area contributed by atoms with Gasteiger partial charge < -0.3 is 9.84 Å². The average Bonchev–Trinajstić information content (AvgIpc) is 2.54. The van der Waals surface area contributed by atoms with Gasteiger partial charge in [-0.3, -0.25) is 4.79 Å². The van der Waals surface area contributed by atoms with Crippen LogP contribution >= 0.6 is 0 Å². The summed E-state index contributed by atoms with van der Waals surface area (Å²) in [5.74, 6) is -1.13. The molecule has 0 bridgehead atoms. The van der Waals surface area contributed by atoms with Gasteiger partial charge in [-0.05, 0) is 23.2 Å². The zero-order valence-corrected chi connectivity index (χ0v) is 11.3. The number of aromatic carboxylic acids is 1. The van der Waals surface area contributed by atoms with Gasteiger partial charge in [-0.2, -0.15) is 0 Å². The van der Waals surface area contributed by atoms with E-state index in [4.69, 9.17) is 15.4 Å². The Morgan fingerprint density at radius 2 is 2.05 bits per heavy atom. The fourth-order valence-corrected chi connectivity index (χ4v) is 1.84. The van der Waals surface area contributed by atoms with Gasteiger partial charge >= 0.3 is 5.97 Å². The third-order valence-corrected chi connectivity index (χ3v) is 2.88. The summed E-state index contributed by atoms with van der Waals surface area (Å²) in [6.45, 7) is 0.198. The highest BCUT2D eigenvalue weighted by Crippen LogP contribution is 2.29. The summed E-state index contributed by atoms with van der Waals surface area (Å²) in [6, 6.07) is 11.6. The van der Waals surface area contributed by atoms with Gasteiger partial charge in [-0.25, -0.2) is 4.79 Å². The van der Waals surface area contributed by atoms with Crippen LogP contribution in [0.2, 0.25) is 0 Å². The van der Waals surface area contributed by atoms with Gasteiger partial charge in [0.1, 0.15) is 12.4 Å². The number of carbonyl (C=O) groups excluding carboxylic acids is 1. The second kappa shape index (κ2) is 6.92. The zero-order chi connectivity index (χ0) is 15.9. The molecule has 0 amide bonds. The van der Waals surface area contributed by atoms with Gasteiger partial charge in [0.05, 0.1) is 16.8 Å². The van der Waals surface area contributed by atoms with Crippen LogP contribution in [0.5, 0.6) is 5.75 Å². The summed E-state index contributed by atoms with van der Waals surface area (Å²) >= 11 is 0. The van der Waals surface area contributed by atoms with Crippen molar-refractivity contribution in [2.75, 3.05) is 0 Å². The average molecular weight is 297 g/mol. The first-order valence-corrected chi connectivity index (χ1v) is 6.24. The molecule has 0 atom stereocenters. The van der Waals surface area contributed by atoms with Crippen molar-refractivity contribution in [2.45, 2.75) is 6.61 Å². The highest BCUT2D eigenvalue weighted by molar-refractivity contribution is 5.96. The molecule has 1 N–H and O–H groups in total. The fourth-order valence-electron chi connectivity index (χ4n) is 1.84. The van der Waals surface area contributed by atoms with Gasteiger partial charge in [0, 0.05) is 4.91 Å². The fraction of sp³-hybridized carbons (Fsp3) is 0.0667. The highest BCUT2D eigenvalue weighted by Gasteiger charge is 2.15. The quantitative estimate of drug-likeness (QED) is 0.379. The van der Waals surface area contributed by atoms with Gasteiger partial charge in [0.25, 0.3) is 0 Å². The molecular formula is C15H11N3O4. The Kier molecular flexibility index (Phi) is 4.74. The number of nitrogens with zero attached hydrogens (tertiary/aromatic N) is 3. The lowest BCUT2D eigenvalue weighted by Gasteiger charge is -2.11. The van der Waals surface area contributed by atoms with Crippen molar-refractivity contribution in [3.8, 4) is 5.75 Å². The first-order chi connectivity index (χ1) is 10.7. The van der Waals surface area contributed by atoms with Crippen LogP contribution in [0.1, 0.15) is 26.3 Å². The summed E-state index contributed by atoms with van der Waals surface area (Å²) in [4.78, 5) is 24.8. The van der Waals surface area contributed by atoms with Crippen molar-refractivity contribution in [1.82, 2.24) is 0 Å². The summed E-state index contributed by atoms with van der Waals surface area (Å²) in [5, 5.41) is 12.4. The van der Waals surface area contributed by atoms with Crippen LogP contribution < -0.4 is 4.74 Å². The number of azide groups is 1. The molecule has 0 aliphatic rings. The number of hydrogen-bond acceptors (Lipinski definition) is 4. The molecule has 0 fully saturated rings. The summed E-state index contributed by atoms with van der Waals surface area (Å²) in [7, 11) is 0. The van der Waals surface area contributed by atoms with Crippen LogP contribution in [-0.4, -0.2) is 17.4 Å². The second-order valence-corrected chi connectivity index (χ2v) is 4.29. The number of carboxylic acid groups (broad SMARTS) is 1. The van der Waals surface area contributed by atoms with Crippen LogP contribution in [0.3, 0.4) is 0 Å². The van der Waals surface area contributed by atoms with Crippen LogP contribution in [0.25, 0.3) is 10.4 Å². The number of benzene rings is 2. The molecule has 2 aromatic carbocycles. The SMILES string of the molecule is [N-]=[N+]=Nc1cc(OCc2ccccc2)c(C=O)cc1C(=O)O. The van der Waals surface area contributed by atoms with E-state index in [1.165, 1.54) is 6.07 Å². The minimum absolute atomic E-state index is 0.0743. The number of ether oxygens (including phenoxy) is 1. The predicted molar refractivity (Wildman–Crippen MR) is 78.4 cm³/mol. The van der Waals surface area contributed by atoms with Gasteiger partial charge in [-0.15, -0.1) is 0 Å². The van der Waals surface area contributed by atoms with Crippen LogP contribution in [0, 0.1) is 0 Å². The molecule has 0 saturated carbocycles. The minimum Gasteiger partial charge on any atom is -0.488 e. The zero-order valence-electron chi connectivity index (χ0n) is 11.3. The molecule has 7 nitrogen and oxygen atoms in total. The summed E-state index contributed by atoms with van der Waals surface area (Å²) in [6.07, 6.45) is 0.493. The Labute approximate surface area is 125 Å². The van der Waals surface area contributed by atoms with Crippen molar-refractivity contribution in [2.24, 2.45) is 5.11 Å². The smallest absolute Gasteiger partial charge is 0.336 e. The van der Waals surface area contributed by atoms with E-state index in [1.807, 2.05) is 30.3 Å². The van der Waals surface area contributed by atoms with Gasteiger partial charge in [0.15, 0.2) is 6.29 Å². The molecule has 110 valence electrons. The van der Waals surface area contributed by atoms with Crippen molar-refractivity contribution in [3.63, 3.8) is 0 Å². The number of carbonyl (C=O) groups is 2. The van der Waals surface area contributed by atoms with Crippen molar-refractivity contribution >= 4 is 17.9 Å². The normalized spacial score (nSPS) is 9.64. The highest BCUT2D eigenvalue weighted by atomic mass is 16.5. The Balaban J connectivity index is 2.37. The maximum absolute atomic E-state index is 11.1. The van der Waals surface area contributed by atoms with E-state index in [1.54, 1.807) is 0 Å². The van der Waals surface area contributed by atoms with Crippen LogP contribution in [-0.2, 0) is 6.61 Å². The molecule has 7 heteroatoms. The number of aldehydes is 1. The Hall–Kier alpha value is -3.31. The van der Waals surface area contributed by atoms with Gasteiger partial charge in [-0.1, -0.05) is 35.4 Å². The Bertz CT molecular complexity index is 753. The number of hydrogen-bond donors (Lipinski definition) is 1. The lowest BCUT2D eigenvalue weighted by molar-refractivity contribution is 0.0697. The van der Waals surface area contributed by atoms with Crippen LogP contribution in [0.4, 0.5) is 5.69 Å². The molecule has 0 aromatic heterocycles. The Morgan fingerprint density at radius 3 is 2.64 bits per heavy atom. The molecular weight excluding hydrogens is 286 g/mol. The third-order valence-electron chi connectivity index (χ3n) is 2.88. The monoisotopic (exact) mass is 297 g/mol. The lowest BCUT2D eigenvalue weighted by atomic mass is 10.1. The third kappa shape index (κ3) is 3.41. The first kappa shape index (κ1) is 15.1. The van der Waals surface area contributed by atoms with E-state index in [2.05, 4.69) is 10.0 Å². The molecule has 0 aliphatic heterocycles. The number of rotatable bonds is 6. The molecule has 2 rings (SSSR count). The predicted octanol–water partition coefficient (Wildman–Crippen LogP) is 3.72. The molecule has 0 heterocycles. The summed E-state index contributed by atoms with van der Waals surface area (Å²) < 4.78 is 5.53. The summed E-state index contributed by atoms with van der Waals surface area (Å²) in [5.41, 5.74) is 9.10. The van der Waals surface area contributed by atoms with E-state index in [-0.39, 0.29) is 29.2 Å². The van der Waals surface area contributed by atoms with Gasteiger partial charge in [0.2, 0.25) is 0 Å². The lowest BCUT2D eigenvalue weighted by Crippen LogP contribution is -2.02. The number of carboxylic acids is 1. The van der Waals surface area contributed by atoms with Crippen molar-refractivity contribution < 1.29 is 19.4 Å². The minimum atomic E-state index is -1.29. The molecule has 2 aromatic rings.